The molecule has 0 amide bonds. The maximum atomic E-state index is 12.7. The molecule has 0 aliphatic rings. The molecule has 7 heteroatoms. The van der Waals surface area contributed by atoms with E-state index in [2.05, 4.69) is 4.98 Å². The molecule has 0 aliphatic heterocycles. The van der Waals surface area contributed by atoms with Gasteiger partial charge < -0.3 is 5.73 Å². The average molecular weight is 306 g/mol. The highest BCUT2D eigenvalue weighted by molar-refractivity contribution is 7.89. The molecule has 1 aromatic carbocycles. The Morgan fingerprint density at radius 1 is 1.38 bits per heavy atom. The van der Waals surface area contributed by atoms with E-state index >= 15 is 0 Å². The van der Waals surface area contributed by atoms with Crippen molar-refractivity contribution >= 4 is 26.8 Å². The van der Waals surface area contributed by atoms with Crippen molar-refractivity contribution in [2.75, 3.05) is 13.6 Å². The lowest BCUT2D eigenvalue weighted by atomic mass is 10.1. The predicted molar refractivity (Wildman–Crippen MR) is 82.8 cm³/mol. The zero-order chi connectivity index (χ0) is 15.6. The minimum absolute atomic E-state index is 0.0347. The fraction of sp³-hybridized carbons (Fsp3) is 0.286. The summed E-state index contributed by atoms with van der Waals surface area (Å²) in [6, 6.07) is 6.82. The molecule has 0 saturated heterocycles. The van der Waals surface area contributed by atoms with Crippen LogP contribution >= 0.6 is 0 Å². The van der Waals surface area contributed by atoms with E-state index in [9.17, 15) is 8.42 Å². The summed E-state index contributed by atoms with van der Waals surface area (Å²) >= 11 is 0. The molecule has 0 atom stereocenters. The molecule has 6 nitrogen and oxygen atoms in total. The van der Waals surface area contributed by atoms with E-state index in [4.69, 9.17) is 11.1 Å². The van der Waals surface area contributed by atoms with Crippen LogP contribution < -0.4 is 5.73 Å². The number of fused-ring (bicyclic) bond motifs is 1. The van der Waals surface area contributed by atoms with Gasteiger partial charge in [0.1, 0.15) is 0 Å². The zero-order valence-corrected chi connectivity index (χ0v) is 12.8. The van der Waals surface area contributed by atoms with E-state index in [1.165, 1.54) is 11.4 Å². The average Bonchev–Trinajstić information content (AvgIpc) is 2.45. The lowest BCUT2D eigenvalue weighted by Gasteiger charge is -2.18. The maximum Gasteiger partial charge on any atom is 0.243 e. The number of aromatic nitrogens is 1. The molecule has 112 valence electrons. The first-order valence-electron chi connectivity index (χ1n) is 6.47. The van der Waals surface area contributed by atoms with Crippen molar-refractivity contribution in [3.63, 3.8) is 0 Å². The van der Waals surface area contributed by atoms with Crippen molar-refractivity contribution in [1.29, 1.82) is 5.41 Å². The Labute approximate surface area is 124 Å². The summed E-state index contributed by atoms with van der Waals surface area (Å²) in [5.74, 6) is -0.0347. The van der Waals surface area contributed by atoms with Gasteiger partial charge in [0.15, 0.2) is 0 Å². The van der Waals surface area contributed by atoms with Gasteiger partial charge in [-0.1, -0.05) is 6.07 Å². The molecule has 2 rings (SSSR count). The van der Waals surface area contributed by atoms with Crippen LogP contribution in [-0.2, 0) is 10.0 Å². The third-order valence-corrected chi connectivity index (χ3v) is 5.23. The summed E-state index contributed by atoms with van der Waals surface area (Å²) in [5.41, 5.74) is 6.89. The van der Waals surface area contributed by atoms with Gasteiger partial charge in [0, 0.05) is 31.6 Å². The second kappa shape index (κ2) is 5.79. The number of rotatable bonds is 5. The van der Waals surface area contributed by atoms with Gasteiger partial charge in [0.2, 0.25) is 10.0 Å². The van der Waals surface area contributed by atoms with Crippen LogP contribution in [0.5, 0.6) is 0 Å². The highest BCUT2D eigenvalue weighted by Crippen LogP contribution is 2.26. The van der Waals surface area contributed by atoms with Gasteiger partial charge >= 0.3 is 0 Å². The molecular weight excluding hydrogens is 288 g/mol. The third kappa shape index (κ3) is 3.03. The van der Waals surface area contributed by atoms with E-state index in [1.807, 2.05) is 6.92 Å². The van der Waals surface area contributed by atoms with E-state index in [0.29, 0.717) is 10.9 Å². The molecule has 0 spiro atoms. The highest BCUT2D eigenvalue weighted by atomic mass is 32.2. The predicted octanol–water partition coefficient (Wildman–Crippen LogP) is 1.49. The standard InChI is InChI=1S/C14H18N4O2S/c1-10-5-6-12(11-4-3-8-17-14(10)11)21(19,20)18(2)9-7-13(15)16/h3-6,8H,7,9H2,1-2H3,(H3,15,16). The van der Waals surface area contributed by atoms with Crippen molar-refractivity contribution in [3.8, 4) is 0 Å². The van der Waals surface area contributed by atoms with Crippen LogP contribution in [0, 0.1) is 12.3 Å². The van der Waals surface area contributed by atoms with Crippen LogP contribution in [0.4, 0.5) is 0 Å². The number of sulfonamides is 1. The minimum Gasteiger partial charge on any atom is -0.388 e. The van der Waals surface area contributed by atoms with Crippen LogP contribution in [0.2, 0.25) is 0 Å². The molecule has 0 saturated carbocycles. The fourth-order valence-corrected chi connectivity index (χ4v) is 3.43. The second-order valence-electron chi connectivity index (χ2n) is 4.88. The number of amidine groups is 1. The van der Waals surface area contributed by atoms with Gasteiger partial charge in [-0.3, -0.25) is 10.4 Å². The summed E-state index contributed by atoms with van der Waals surface area (Å²) < 4.78 is 26.5. The number of hydrogen-bond donors (Lipinski definition) is 2. The highest BCUT2D eigenvalue weighted by Gasteiger charge is 2.23. The number of pyridine rings is 1. The molecule has 0 unspecified atom stereocenters. The van der Waals surface area contributed by atoms with Gasteiger partial charge in [-0.25, -0.2) is 12.7 Å². The van der Waals surface area contributed by atoms with Crippen LogP contribution in [0.1, 0.15) is 12.0 Å². The molecule has 3 N–H and O–H groups in total. The summed E-state index contributed by atoms with van der Waals surface area (Å²) in [4.78, 5) is 4.48. The Bertz CT molecular complexity index is 787. The Hall–Kier alpha value is -1.99. The monoisotopic (exact) mass is 306 g/mol. The Morgan fingerprint density at radius 2 is 2.10 bits per heavy atom. The normalized spacial score (nSPS) is 12.0. The first-order chi connectivity index (χ1) is 9.84. The van der Waals surface area contributed by atoms with Gasteiger partial charge in [-0.2, -0.15) is 0 Å². The van der Waals surface area contributed by atoms with Crippen molar-refractivity contribution in [2.45, 2.75) is 18.2 Å². The molecule has 1 heterocycles. The number of nitrogens with zero attached hydrogens (tertiary/aromatic N) is 2. The first kappa shape index (κ1) is 15.4. The number of benzene rings is 1. The summed E-state index contributed by atoms with van der Waals surface area (Å²) in [6.45, 7) is 2.07. The number of nitrogens with one attached hydrogen (secondary N) is 1. The molecular formula is C14H18N4O2S. The first-order valence-corrected chi connectivity index (χ1v) is 7.91. The van der Waals surface area contributed by atoms with E-state index in [-0.39, 0.29) is 23.7 Å². The number of aryl methyl sites for hydroxylation is 1. The number of hydrogen-bond acceptors (Lipinski definition) is 4. The van der Waals surface area contributed by atoms with Crippen LogP contribution in [-0.4, -0.2) is 37.1 Å². The van der Waals surface area contributed by atoms with Gasteiger partial charge in [-0.05, 0) is 30.7 Å². The van der Waals surface area contributed by atoms with Crippen LogP contribution in [0.25, 0.3) is 10.9 Å². The smallest absolute Gasteiger partial charge is 0.243 e. The fourth-order valence-electron chi connectivity index (χ4n) is 2.08. The molecule has 0 fully saturated rings. The lowest BCUT2D eigenvalue weighted by molar-refractivity contribution is 0.479. The summed E-state index contributed by atoms with van der Waals surface area (Å²) in [7, 11) is -2.15. The van der Waals surface area contributed by atoms with Crippen molar-refractivity contribution < 1.29 is 8.42 Å². The van der Waals surface area contributed by atoms with Gasteiger partial charge in [0.25, 0.3) is 0 Å². The molecule has 0 aliphatic carbocycles. The van der Waals surface area contributed by atoms with E-state index in [0.717, 1.165) is 5.56 Å². The quantitative estimate of drug-likeness (QED) is 0.645. The Morgan fingerprint density at radius 3 is 2.76 bits per heavy atom. The van der Waals surface area contributed by atoms with E-state index < -0.39 is 10.0 Å². The molecule has 0 bridgehead atoms. The molecule has 1 aromatic heterocycles. The molecule has 21 heavy (non-hydrogen) atoms. The third-order valence-electron chi connectivity index (χ3n) is 3.32. The second-order valence-corrected chi connectivity index (χ2v) is 6.90. The van der Waals surface area contributed by atoms with Gasteiger partial charge in [-0.15, -0.1) is 0 Å². The molecule has 0 radical (unpaired) electrons. The van der Waals surface area contributed by atoms with Crippen molar-refractivity contribution in [3.05, 3.63) is 36.0 Å². The largest absolute Gasteiger partial charge is 0.388 e. The Kier molecular flexibility index (Phi) is 4.24. The van der Waals surface area contributed by atoms with Crippen LogP contribution in [0.15, 0.2) is 35.4 Å². The van der Waals surface area contributed by atoms with Crippen LogP contribution in [0.3, 0.4) is 0 Å². The lowest BCUT2D eigenvalue weighted by Crippen LogP contribution is -2.30. The SMILES string of the molecule is Cc1ccc(S(=O)(=O)N(C)CCC(=N)N)c2cccnc12. The van der Waals surface area contributed by atoms with Crippen molar-refractivity contribution in [1.82, 2.24) is 9.29 Å². The Balaban J connectivity index is 2.50. The number of nitrogens with two attached hydrogens (primary N) is 1. The summed E-state index contributed by atoms with van der Waals surface area (Å²) in [6.07, 6.45) is 1.85. The minimum atomic E-state index is -3.64. The topological polar surface area (TPSA) is 100 Å². The molecule has 2 aromatic rings. The van der Waals surface area contributed by atoms with Crippen molar-refractivity contribution in [2.24, 2.45) is 5.73 Å². The summed E-state index contributed by atoms with van der Waals surface area (Å²) in [5, 5.41) is 7.81. The maximum absolute atomic E-state index is 12.7. The zero-order valence-electron chi connectivity index (χ0n) is 12.0. The van der Waals surface area contributed by atoms with E-state index in [1.54, 1.807) is 30.5 Å². The van der Waals surface area contributed by atoms with Gasteiger partial charge in [0.05, 0.1) is 16.2 Å².